The van der Waals surface area contributed by atoms with Crippen molar-refractivity contribution in [1.82, 2.24) is 4.90 Å². The van der Waals surface area contributed by atoms with Crippen LogP contribution in [-0.2, 0) is 6.54 Å². The maximum Gasteiger partial charge on any atom is 0.124 e. The van der Waals surface area contributed by atoms with Crippen LogP contribution in [0.2, 0.25) is 0 Å². The summed E-state index contributed by atoms with van der Waals surface area (Å²) in [5.74, 6) is 5.01. The first-order valence-electron chi connectivity index (χ1n) is 6.47. The number of nitrogens with zero attached hydrogens (tertiary/aromatic N) is 1. The Morgan fingerprint density at radius 3 is 2.95 bits per heavy atom. The number of likely N-dealkylation sites (tertiary alicyclic amines) is 1. The molecule has 1 saturated heterocycles. The molecule has 1 aromatic carbocycles. The van der Waals surface area contributed by atoms with Crippen molar-refractivity contribution >= 4 is 0 Å². The molecule has 0 aliphatic carbocycles. The Morgan fingerprint density at radius 1 is 1.37 bits per heavy atom. The van der Waals surface area contributed by atoms with Gasteiger partial charge in [0.1, 0.15) is 12.4 Å². The van der Waals surface area contributed by atoms with E-state index in [9.17, 15) is 9.50 Å². The van der Waals surface area contributed by atoms with Crippen LogP contribution >= 0.6 is 0 Å². The molecule has 3 nitrogen and oxygen atoms in total. The molecule has 0 aromatic heterocycles. The van der Waals surface area contributed by atoms with E-state index in [0.29, 0.717) is 12.1 Å². The molecule has 4 heteroatoms. The predicted octanol–water partition coefficient (Wildman–Crippen LogP) is 1.13. The summed E-state index contributed by atoms with van der Waals surface area (Å²) in [7, 11) is 0. The number of aliphatic hydroxyl groups excluding tert-OH is 2. The van der Waals surface area contributed by atoms with E-state index in [0.717, 1.165) is 24.9 Å². The molecule has 102 valence electrons. The van der Waals surface area contributed by atoms with Crippen molar-refractivity contribution in [3.63, 3.8) is 0 Å². The van der Waals surface area contributed by atoms with E-state index in [-0.39, 0.29) is 25.1 Å². The molecule has 0 radical (unpaired) electrons. The van der Waals surface area contributed by atoms with E-state index in [1.165, 1.54) is 12.1 Å². The Balaban J connectivity index is 2.19. The fourth-order valence-corrected chi connectivity index (χ4v) is 2.47. The Morgan fingerprint density at radius 2 is 2.21 bits per heavy atom. The number of halogens is 1. The van der Waals surface area contributed by atoms with Gasteiger partial charge in [0.15, 0.2) is 0 Å². The minimum Gasteiger partial charge on any atom is -0.395 e. The van der Waals surface area contributed by atoms with Crippen LogP contribution in [0.5, 0.6) is 0 Å². The summed E-state index contributed by atoms with van der Waals surface area (Å²) in [6.07, 6.45) is 2.07. The van der Waals surface area contributed by atoms with Gasteiger partial charge in [-0.05, 0) is 37.1 Å². The first-order valence-corrected chi connectivity index (χ1v) is 6.47. The molecule has 0 spiro atoms. The lowest BCUT2D eigenvalue weighted by molar-refractivity contribution is 0.153. The second kappa shape index (κ2) is 6.67. The molecule has 1 unspecified atom stereocenters. The van der Waals surface area contributed by atoms with Gasteiger partial charge in [-0.25, -0.2) is 4.39 Å². The topological polar surface area (TPSA) is 43.7 Å². The van der Waals surface area contributed by atoms with Gasteiger partial charge in [-0.1, -0.05) is 17.9 Å². The van der Waals surface area contributed by atoms with Crippen molar-refractivity contribution in [2.24, 2.45) is 0 Å². The highest BCUT2D eigenvalue weighted by Gasteiger charge is 2.24. The predicted molar refractivity (Wildman–Crippen MR) is 70.9 cm³/mol. The minimum atomic E-state index is -0.328. The molecule has 0 amide bonds. The molecular formula is C15H18FNO2. The summed E-state index contributed by atoms with van der Waals surface area (Å²) in [6.45, 7) is 1.51. The zero-order chi connectivity index (χ0) is 13.7. The summed E-state index contributed by atoms with van der Waals surface area (Å²) >= 11 is 0. The molecule has 2 rings (SSSR count). The maximum absolute atomic E-state index is 13.2. The second-order valence-electron chi connectivity index (χ2n) is 4.71. The zero-order valence-electron chi connectivity index (χ0n) is 10.8. The lowest BCUT2D eigenvalue weighted by Crippen LogP contribution is -2.31. The maximum atomic E-state index is 13.2. The average Bonchev–Trinajstić information content (AvgIpc) is 2.86. The molecule has 19 heavy (non-hydrogen) atoms. The van der Waals surface area contributed by atoms with Gasteiger partial charge in [-0.3, -0.25) is 4.90 Å². The van der Waals surface area contributed by atoms with Crippen molar-refractivity contribution < 1.29 is 14.6 Å². The fraction of sp³-hybridized carbons (Fsp3) is 0.467. The summed E-state index contributed by atoms with van der Waals surface area (Å²) in [5, 5.41) is 18.0. The van der Waals surface area contributed by atoms with Crippen molar-refractivity contribution in [3.05, 3.63) is 35.1 Å². The Kier molecular flexibility index (Phi) is 4.92. The third kappa shape index (κ3) is 3.54. The molecule has 0 bridgehead atoms. The van der Waals surface area contributed by atoms with Crippen LogP contribution in [-0.4, -0.2) is 40.9 Å². The third-order valence-corrected chi connectivity index (χ3v) is 3.46. The van der Waals surface area contributed by atoms with Crippen molar-refractivity contribution in [2.45, 2.75) is 25.4 Å². The molecule has 1 aliphatic rings. The SMILES string of the molecule is OCC#Cc1cc(F)ccc1CN1CCCC1CO. The van der Waals surface area contributed by atoms with E-state index in [4.69, 9.17) is 5.11 Å². The first kappa shape index (κ1) is 14.0. The molecule has 1 atom stereocenters. The van der Waals surface area contributed by atoms with Crippen LogP contribution in [0.4, 0.5) is 4.39 Å². The molecular weight excluding hydrogens is 245 g/mol. The lowest BCUT2D eigenvalue weighted by Gasteiger charge is -2.23. The van der Waals surface area contributed by atoms with Gasteiger partial charge in [-0.2, -0.15) is 0 Å². The van der Waals surface area contributed by atoms with Crippen LogP contribution < -0.4 is 0 Å². The monoisotopic (exact) mass is 263 g/mol. The largest absolute Gasteiger partial charge is 0.395 e. The van der Waals surface area contributed by atoms with Crippen molar-refractivity contribution in [2.75, 3.05) is 19.8 Å². The van der Waals surface area contributed by atoms with Gasteiger partial charge in [0.2, 0.25) is 0 Å². The van der Waals surface area contributed by atoms with Crippen molar-refractivity contribution in [1.29, 1.82) is 0 Å². The van der Waals surface area contributed by atoms with Crippen LogP contribution in [0.25, 0.3) is 0 Å². The fourth-order valence-electron chi connectivity index (χ4n) is 2.47. The van der Waals surface area contributed by atoms with Crippen LogP contribution in [0.15, 0.2) is 18.2 Å². The normalized spacial score (nSPS) is 19.2. The summed E-state index contributed by atoms with van der Waals surface area (Å²) < 4.78 is 13.2. The summed E-state index contributed by atoms with van der Waals surface area (Å²) in [4.78, 5) is 2.19. The van der Waals surface area contributed by atoms with E-state index >= 15 is 0 Å². The smallest absolute Gasteiger partial charge is 0.124 e. The van der Waals surface area contributed by atoms with E-state index < -0.39 is 0 Å². The lowest BCUT2D eigenvalue weighted by atomic mass is 10.1. The molecule has 1 aliphatic heterocycles. The Labute approximate surface area is 112 Å². The first-order chi connectivity index (χ1) is 9.24. The van der Waals surface area contributed by atoms with Gasteiger partial charge in [0.25, 0.3) is 0 Å². The summed E-state index contributed by atoms with van der Waals surface area (Å²) in [5.41, 5.74) is 1.54. The highest BCUT2D eigenvalue weighted by Crippen LogP contribution is 2.21. The zero-order valence-corrected chi connectivity index (χ0v) is 10.8. The van der Waals surface area contributed by atoms with Gasteiger partial charge in [0.05, 0.1) is 6.61 Å². The average molecular weight is 263 g/mol. The second-order valence-corrected chi connectivity index (χ2v) is 4.71. The van der Waals surface area contributed by atoms with Gasteiger partial charge >= 0.3 is 0 Å². The van der Waals surface area contributed by atoms with Gasteiger partial charge < -0.3 is 10.2 Å². The molecule has 2 N–H and O–H groups in total. The number of aliphatic hydroxyl groups is 2. The van der Waals surface area contributed by atoms with Gasteiger partial charge in [-0.15, -0.1) is 0 Å². The number of rotatable bonds is 3. The Bertz CT molecular complexity index is 493. The standard InChI is InChI=1S/C15H18FNO2/c16-14-6-5-13(12(9-14)3-2-8-18)10-17-7-1-4-15(17)11-19/h5-6,9,15,18-19H,1,4,7-8,10-11H2. The number of benzene rings is 1. The van der Waals surface area contributed by atoms with Crippen LogP contribution in [0.3, 0.4) is 0 Å². The molecule has 1 heterocycles. The van der Waals surface area contributed by atoms with E-state index in [2.05, 4.69) is 16.7 Å². The number of hydrogen-bond acceptors (Lipinski definition) is 3. The van der Waals surface area contributed by atoms with E-state index in [1.807, 2.05) is 0 Å². The number of hydrogen-bond donors (Lipinski definition) is 2. The quantitative estimate of drug-likeness (QED) is 0.803. The minimum absolute atomic E-state index is 0.152. The Hall–Kier alpha value is -1.41. The van der Waals surface area contributed by atoms with Crippen molar-refractivity contribution in [3.8, 4) is 11.8 Å². The van der Waals surface area contributed by atoms with Crippen LogP contribution in [0.1, 0.15) is 24.0 Å². The van der Waals surface area contributed by atoms with Gasteiger partial charge in [0, 0.05) is 18.2 Å². The summed E-state index contributed by atoms with van der Waals surface area (Å²) in [6, 6.07) is 4.72. The van der Waals surface area contributed by atoms with Crippen LogP contribution in [0, 0.1) is 17.7 Å². The highest BCUT2D eigenvalue weighted by atomic mass is 19.1. The van der Waals surface area contributed by atoms with E-state index in [1.54, 1.807) is 6.07 Å². The third-order valence-electron chi connectivity index (χ3n) is 3.46. The molecule has 0 saturated carbocycles. The molecule has 1 fully saturated rings. The highest BCUT2D eigenvalue weighted by molar-refractivity contribution is 5.41. The molecule has 1 aromatic rings.